The summed E-state index contributed by atoms with van der Waals surface area (Å²) in [5.41, 5.74) is 11.6. The van der Waals surface area contributed by atoms with Gasteiger partial charge >= 0.3 is 23.9 Å². The van der Waals surface area contributed by atoms with Gasteiger partial charge in [0.25, 0.3) is 0 Å². The Morgan fingerprint density at radius 1 is 0.370 bits per heavy atom. The molecule has 6 aliphatic carbocycles. The number of hydrogen-bond donors (Lipinski definition) is 0. The van der Waals surface area contributed by atoms with E-state index < -0.39 is 23.9 Å². The lowest BCUT2D eigenvalue weighted by molar-refractivity contribution is -0.152. The minimum atomic E-state index is -0.556. The normalized spacial score (nSPS) is 28.1. The van der Waals surface area contributed by atoms with Crippen LogP contribution in [-0.2, 0) is 28.7 Å². The maximum Gasteiger partial charge on any atom is 0.347 e. The van der Waals surface area contributed by atoms with Gasteiger partial charge in [0.15, 0.2) is 0 Å². The van der Waals surface area contributed by atoms with Gasteiger partial charge in [0.05, 0.1) is 22.3 Å². The van der Waals surface area contributed by atoms with Crippen LogP contribution in [0.4, 0.5) is 0 Å². The van der Waals surface area contributed by atoms with Crippen LogP contribution >= 0.6 is 0 Å². The third-order valence-electron chi connectivity index (χ3n) is 6.87. The first kappa shape index (κ1) is 12.8. The third-order valence-corrected chi connectivity index (χ3v) is 6.87. The molecule has 0 aromatic heterocycles. The summed E-state index contributed by atoms with van der Waals surface area (Å²) in [6, 6.07) is 0. The van der Waals surface area contributed by atoms with Crippen LogP contribution in [0.5, 0.6) is 0 Å². The average Bonchev–Trinajstić information content (AvgIpc) is 3.42. The lowest BCUT2D eigenvalue weighted by atomic mass is 9.81. The van der Waals surface area contributed by atoms with Crippen LogP contribution in [-0.4, -0.2) is 23.9 Å². The van der Waals surface area contributed by atoms with E-state index in [4.69, 9.17) is 9.47 Å². The molecule has 1 saturated heterocycles. The molecule has 27 heavy (non-hydrogen) atoms. The van der Waals surface area contributed by atoms with E-state index in [0.29, 0.717) is 35.1 Å². The van der Waals surface area contributed by atoms with Gasteiger partial charge < -0.3 is 9.47 Å². The molecule has 2 saturated carbocycles. The SMILES string of the molecule is O=C1OC(=O)C2=C3CC(=C12)C1=C2CC(=C31)C1=C3CC(=C21)C1=C3C(=O)OC1=O. The van der Waals surface area contributed by atoms with Crippen LogP contribution in [0, 0.1) is 0 Å². The Kier molecular flexibility index (Phi) is 1.59. The summed E-state index contributed by atoms with van der Waals surface area (Å²) in [5, 5.41) is 0. The van der Waals surface area contributed by atoms with Crippen LogP contribution in [0.1, 0.15) is 19.3 Å². The summed E-state index contributed by atoms with van der Waals surface area (Å²) in [7, 11) is 0. The summed E-state index contributed by atoms with van der Waals surface area (Å²) >= 11 is 0. The van der Waals surface area contributed by atoms with Crippen molar-refractivity contribution in [2.24, 2.45) is 0 Å². The topological polar surface area (TPSA) is 86.7 Å². The highest BCUT2D eigenvalue weighted by atomic mass is 16.6. The van der Waals surface area contributed by atoms with E-state index >= 15 is 0 Å². The van der Waals surface area contributed by atoms with Gasteiger partial charge in [-0.1, -0.05) is 0 Å². The quantitative estimate of drug-likeness (QED) is 0.484. The van der Waals surface area contributed by atoms with Crippen molar-refractivity contribution in [3.05, 3.63) is 78.0 Å². The fourth-order valence-electron chi connectivity index (χ4n) is 6.15. The van der Waals surface area contributed by atoms with E-state index in [-0.39, 0.29) is 0 Å². The van der Waals surface area contributed by atoms with Gasteiger partial charge in [-0.05, 0) is 62.2 Å². The second-order valence-corrected chi connectivity index (χ2v) is 7.76. The molecule has 6 nitrogen and oxygen atoms in total. The number of rotatable bonds is 0. The number of hydrogen-bond acceptors (Lipinski definition) is 6. The molecule has 126 valence electrons. The molecule has 6 heteroatoms. The molecule has 2 aliphatic heterocycles. The van der Waals surface area contributed by atoms with E-state index in [2.05, 4.69) is 0 Å². The van der Waals surface area contributed by atoms with Crippen molar-refractivity contribution in [2.45, 2.75) is 19.3 Å². The molecule has 0 radical (unpaired) electrons. The number of esters is 4. The van der Waals surface area contributed by atoms with Gasteiger partial charge in [-0.25, -0.2) is 19.2 Å². The predicted molar refractivity (Wildman–Crippen MR) is 85.2 cm³/mol. The number of allylic oxidation sites excluding steroid dienone is 8. The molecule has 0 aromatic carbocycles. The minimum Gasteiger partial charge on any atom is -0.386 e. The van der Waals surface area contributed by atoms with E-state index in [1.165, 1.54) is 0 Å². The average molecular weight is 354 g/mol. The van der Waals surface area contributed by atoms with Gasteiger partial charge in [0, 0.05) is 12.8 Å². The standard InChI is InChI=1S/C21H6O6/c22-18-14-6-2-7(15(14)19(23)26-18)11-5-1-4(10(6)11)12-8-3-9(13(5)12)17-16(8)20(24)27-21(17)25/h1-3H2. The van der Waals surface area contributed by atoms with Gasteiger partial charge in [-0.3, -0.25) is 0 Å². The van der Waals surface area contributed by atoms with Crippen molar-refractivity contribution < 1.29 is 28.7 Å². The van der Waals surface area contributed by atoms with E-state index in [1.807, 2.05) is 0 Å². The lowest BCUT2D eigenvalue weighted by Gasteiger charge is -2.19. The van der Waals surface area contributed by atoms with Crippen molar-refractivity contribution in [3.8, 4) is 0 Å². The van der Waals surface area contributed by atoms with Crippen LogP contribution < -0.4 is 0 Å². The monoisotopic (exact) mass is 354 g/mol. The first-order valence-electron chi connectivity index (χ1n) is 8.75. The Morgan fingerprint density at radius 3 is 1.00 bits per heavy atom. The molecular formula is C21H6O6. The fraction of sp³-hybridized carbons (Fsp3) is 0.143. The molecular weight excluding hydrogens is 348 g/mol. The molecule has 2 heterocycles. The van der Waals surface area contributed by atoms with Gasteiger partial charge in [-0.2, -0.15) is 0 Å². The van der Waals surface area contributed by atoms with Gasteiger partial charge in [-0.15, -0.1) is 0 Å². The highest BCUT2D eigenvalue weighted by Crippen LogP contribution is 2.68. The third kappa shape index (κ3) is 1.01. The van der Waals surface area contributed by atoms with Crippen LogP contribution in [0.25, 0.3) is 0 Å². The maximum atomic E-state index is 12.1. The first-order chi connectivity index (χ1) is 13.1. The van der Waals surface area contributed by atoms with E-state index in [0.717, 1.165) is 62.2 Å². The summed E-state index contributed by atoms with van der Waals surface area (Å²) in [5.74, 6) is -2.23. The molecule has 6 bridgehead atoms. The molecule has 8 rings (SSSR count). The summed E-state index contributed by atoms with van der Waals surface area (Å²) < 4.78 is 9.65. The van der Waals surface area contributed by atoms with Gasteiger partial charge in [0.2, 0.25) is 0 Å². The Morgan fingerprint density at radius 2 is 0.630 bits per heavy atom. The Bertz CT molecular complexity index is 1270. The molecule has 0 aromatic rings. The zero-order valence-corrected chi connectivity index (χ0v) is 13.6. The van der Waals surface area contributed by atoms with Crippen molar-refractivity contribution in [2.75, 3.05) is 0 Å². The molecule has 0 atom stereocenters. The largest absolute Gasteiger partial charge is 0.386 e. The zero-order valence-electron chi connectivity index (χ0n) is 13.6. The number of cyclic esters (lactones) is 4. The predicted octanol–water partition coefficient (Wildman–Crippen LogP) is 1.48. The highest BCUT2D eigenvalue weighted by molar-refractivity contribution is 6.24. The second kappa shape index (κ2) is 3.36. The molecule has 0 N–H and O–H groups in total. The van der Waals surface area contributed by atoms with Crippen molar-refractivity contribution in [1.29, 1.82) is 0 Å². The second-order valence-electron chi connectivity index (χ2n) is 7.76. The summed E-state index contributed by atoms with van der Waals surface area (Å²) in [6.45, 7) is 0. The van der Waals surface area contributed by atoms with Crippen molar-refractivity contribution in [3.63, 3.8) is 0 Å². The Labute approximate surface area is 150 Å². The molecule has 0 amide bonds. The van der Waals surface area contributed by atoms with Crippen LogP contribution in [0.15, 0.2) is 78.0 Å². The molecule has 0 spiro atoms. The lowest BCUT2D eigenvalue weighted by Crippen LogP contribution is -2.08. The zero-order chi connectivity index (χ0) is 17.9. The summed E-state index contributed by atoms with van der Waals surface area (Å²) in [6.07, 6.45) is 1.90. The smallest absolute Gasteiger partial charge is 0.347 e. The van der Waals surface area contributed by atoms with Gasteiger partial charge in [0.1, 0.15) is 0 Å². The van der Waals surface area contributed by atoms with E-state index in [1.54, 1.807) is 0 Å². The van der Waals surface area contributed by atoms with Crippen LogP contribution in [0.2, 0.25) is 0 Å². The Hall–Kier alpha value is -3.54. The summed E-state index contributed by atoms with van der Waals surface area (Å²) in [4.78, 5) is 48.5. The first-order valence-corrected chi connectivity index (χ1v) is 8.75. The maximum absolute atomic E-state index is 12.1. The number of ether oxygens (including phenoxy) is 2. The molecule has 3 fully saturated rings. The molecule has 0 unspecified atom stereocenters. The molecule has 8 aliphatic rings. The Balaban J connectivity index is 1.49. The van der Waals surface area contributed by atoms with Crippen molar-refractivity contribution >= 4 is 23.9 Å². The fourth-order valence-corrected chi connectivity index (χ4v) is 6.15. The minimum absolute atomic E-state index is 0.424. The number of fused-ring (bicyclic) bond motifs is 15. The van der Waals surface area contributed by atoms with Crippen molar-refractivity contribution in [1.82, 2.24) is 0 Å². The highest BCUT2D eigenvalue weighted by Gasteiger charge is 2.57. The van der Waals surface area contributed by atoms with Crippen LogP contribution in [0.3, 0.4) is 0 Å². The number of carbonyl (C=O) groups is 4. The number of carbonyl (C=O) groups excluding carboxylic acids is 4. The van der Waals surface area contributed by atoms with E-state index in [9.17, 15) is 19.2 Å².